The molecule has 1 saturated heterocycles. The Morgan fingerprint density at radius 1 is 1.04 bits per heavy atom. The molecular formula is C14H18F4O6S. The van der Waals surface area contributed by atoms with Crippen LogP contribution in [0, 0.1) is 17.8 Å². The predicted octanol–water partition coefficient (Wildman–Crippen LogP) is 1.79. The Morgan fingerprint density at radius 2 is 1.60 bits per heavy atom. The standard InChI is InChI=1S/C14H18F4O6S/c15-13(16,14(17,18)25(20,21)22)10-6-23-12(24-10)8-1-7-2-9(12)5-11(19,3-7)4-8/h7-10,19H,1-6H2,(H,20,21,22). The van der Waals surface area contributed by atoms with Crippen molar-refractivity contribution >= 4 is 10.1 Å². The van der Waals surface area contributed by atoms with Gasteiger partial charge in [0.05, 0.1) is 12.2 Å². The number of hydrogen-bond donors (Lipinski definition) is 2. The molecule has 0 aromatic carbocycles. The van der Waals surface area contributed by atoms with Crippen molar-refractivity contribution < 1.29 is 45.1 Å². The molecule has 1 heterocycles. The number of rotatable bonds is 3. The topological polar surface area (TPSA) is 93.1 Å². The van der Waals surface area contributed by atoms with Crippen molar-refractivity contribution in [2.24, 2.45) is 17.8 Å². The monoisotopic (exact) mass is 390 g/mol. The zero-order valence-corrected chi connectivity index (χ0v) is 13.8. The summed E-state index contributed by atoms with van der Waals surface area (Å²) in [5.74, 6) is -7.28. The Labute approximate surface area is 141 Å². The first kappa shape index (κ1) is 17.9. The summed E-state index contributed by atoms with van der Waals surface area (Å²) in [7, 11) is -6.33. The summed E-state index contributed by atoms with van der Waals surface area (Å²) < 4.78 is 96.0. The van der Waals surface area contributed by atoms with Gasteiger partial charge in [-0.15, -0.1) is 0 Å². The van der Waals surface area contributed by atoms with Gasteiger partial charge in [-0.2, -0.15) is 26.0 Å². The third-order valence-electron chi connectivity index (χ3n) is 6.20. The lowest BCUT2D eigenvalue weighted by atomic mass is 9.51. The molecule has 11 heteroatoms. The lowest BCUT2D eigenvalue weighted by Gasteiger charge is -2.61. The van der Waals surface area contributed by atoms with E-state index in [0.717, 1.165) is 0 Å². The van der Waals surface area contributed by atoms with Crippen molar-refractivity contribution in [3.8, 4) is 0 Å². The lowest BCUT2D eigenvalue weighted by Crippen LogP contribution is -2.64. The van der Waals surface area contributed by atoms with Crippen LogP contribution in [-0.4, -0.2) is 53.4 Å². The highest BCUT2D eigenvalue weighted by Gasteiger charge is 2.74. The number of alkyl halides is 4. The average molecular weight is 390 g/mol. The lowest BCUT2D eigenvalue weighted by molar-refractivity contribution is -0.332. The molecule has 5 fully saturated rings. The van der Waals surface area contributed by atoms with Crippen molar-refractivity contribution in [3.05, 3.63) is 0 Å². The first-order valence-electron chi connectivity index (χ1n) is 8.07. The fourth-order valence-corrected chi connectivity index (χ4v) is 5.82. The molecule has 5 rings (SSSR count). The van der Waals surface area contributed by atoms with Gasteiger partial charge < -0.3 is 14.6 Å². The van der Waals surface area contributed by atoms with Crippen molar-refractivity contribution in [2.45, 2.75) is 60.8 Å². The van der Waals surface area contributed by atoms with Crippen LogP contribution < -0.4 is 0 Å². The Kier molecular flexibility index (Phi) is 3.48. The molecule has 0 aromatic rings. The van der Waals surface area contributed by atoms with Crippen molar-refractivity contribution in [3.63, 3.8) is 0 Å². The highest BCUT2D eigenvalue weighted by atomic mass is 32.2. The molecule has 5 aliphatic rings. The molecule has 3 unspecified atom stereocenters. The molecule has 1 aliphatic heterocycles. The molecule has 0 amide bonds. The molecule has 4 saturated carbocycles. The second-order valence-corrected chi connectivity index (χ2v) is 9.28. The Balaban J connectivity index is 1.62. The van der Waals surface area contributed by atoms with Crippen molar-refractivity contribution in [1.82, 2.24) is 0 Å². The van der Waals surface area contributed by atoms with Crippen LogP contribution in [0.3, 0.4) is 0 Å². The van der Waals surface area contributed by atoms with E-state index in [2.05, 4.69) is 0 Å². The van der Waals surface area contributed by atoms with Crippen LogP contribution in [0.1, 0.15) is 32.1 Å². The Hall–Kier alpha value is -0.490. The van der Waals surface area contributed by atoms with Gasteiger partial charge in [-0.05, 0) is 38.0 Å². The van der Waals surface area contributed by atoms with E-state index < -0.39 is 57.2 Å². The van der Waals surface area contributed by atoms with Crippen LogP contribution in [0.2, 0.25) is 0 Å². The third kappa shape index (κ3) is 2.25. The summed E-state index contributed by atoms with van der Waals surface area (Å²) in [5.41, 5.74) is -0.909. The highest BCUT2D eigenvalue weighted by molar-refractivity contribution is 7.87. The normalized spacial score (nSPS) is 47.0. The fraction of sp³-hybridized carbons (Fsp3) is 1.00. The average Bonchev–Trinajstić information content (AvgIpc) is 2.88. The van der Waals surface area contributed by atoms with Crippen molar-refractivity contribution in [2.75, 3.05) is 6.61 Å². The van der Waals surface area contributed by atoms with E-state index in [4.69, 9.17) is 14.0 Å². The van der Waals surface area contributed by atoms with E-state index in [-0.39, 0.29) is 18.8 Å². The molecule has 1 spiro atoms. The van der Waals surface area contributed by atoms with Gasteiger partial charge >= 0.3 is 21.3 Å². The first-order chi connectivity index (χ1) is 11.3. The SMILES string of the molecule is O=S(=O)(O)C(F)(F)C(F)(F)C1COC2(O1)C1CC3CC2CC(O)(C3)C1. The smallest absolute Gasteiger partial charge is 0.390 e. The molecule has 4 aliphatic carbocycles. The maximum absolute atomic E-state index is 14.1. The highest BCUT2D eigenvalue weighted by Crippen LogP contribution is 2.63. The minimum Gasteiger partial charge on any atom is -0.390 e. The maximum Gasteiger partial charge on any atom is 0.434 e. The van der Waals surface area contributed by atoms with Gasteiger partial charge in [0.1, 0.15) is 0 Å². The second-order valence-electron chi connectivity index (χ2n) is 7.82. The Morgan fingerprint density at radius 3 is 2.08 bits per heavy atom. The minimum atomic E-state index is -6.33. The summed E-state index contributed by atoms with van der Waals surface area (Å²) in [6, 6.07) is 0. The summed E-state index contributed by atoms with van der Waals surface area (Å²) in [6.07, 6.45) is -0.190. The van der Waals surface area contributed by atoms with Gasteiger partial charge in [0.25, 0.3) is 0 Å². The second kappa shape index (κ2) is 4.86. The van der Waals surface area contributed by atoms with Gasteiger partial charge in [0.2, 0.25) is 0 Å². The molecule has 6 nitrogen and oxygen atoms in total. The fourth-order valence-electron chi connectivity index (χ4n) is 5.35. The molecule has 0 aromatic heterocycles. The van der Waals surface area contributed by atoms with Gasteiger partial charge in [0.15, 0.2) is 11.9 Å². The van der Waals surface area contributed by atoms with Gasteiger partial charge in [-0.3, -0.25) is 4.55 Å². The summed E-state index contributed by atoms with van der Waals surface area (Å²) >= 11 is 0. The van der Waals surface area contributed by atoms with Gasteiger partial charge in [-0.1, -0.05) is 0 Å². The summed E-state index contributed by atoms with van der Waals surface area (Å²) in [6.45, 7) is -0.909. The van der Waals surface area contributed by atoms with Crippen LogP contribution in [0.25, 0.3) is 0 Å². The predicted molar refractivity (Wildman–Crippen MR) is 73.5 cm³/mol. The zero-order chi connectivity index (χ0) is 18.5. The van der Waals surface area contributed by atoms with Crippen LogP contribution in [-0.2, 0) is 19.6 Å². The van der Waals surface area contributed by atoms with E-state index in [9.17, 15) is 31.1 Å². The van der Waals surface area contributed by atoms with E-state index in [1.165, 1.54) is 0 Å². The van der Waals surface area contributed by atoms with Crippen LogP contribution in [0.5, 0.6) is 0 Å². The summed E-state index contributed by atoms with van der Waals surface area (Å²) in [5, 5.41) is 4.83. The van der Waals surface area contributed by atoms with Crippen molar-refractivity contribution in [1.29, 1.82) is 0 Å². The zero-order valence-electron chi connectivity index (χ0n) is 13.0. The Bertz CT molecular complexity index is 679. The van der Waals surface area contributed by atoms with Crippen LogP contribution >= 0.6 is 0 Å². The minimum absolute atomic E-state index is 0.208. The maximum atomic E-state index is 14.1. The number of hydrogen-bond acceptors (Lipinski definition) is 5. The van der Waals surface area contributed by atoms with Gasteiger partial charge in [-0.25, -0.2) is 0 Å². The van der Waals surface area contributed by atoms with Crippen LogP contribution in [0.15, 0.2) is 0 Å². The largest absolute Gasteiger partial charge is 0.434 e. The molecule has 144 valence electrons. The molecular weight excluding hydrogens is 372 g/mol. The molecule has 0 radical (unpaired) electrons. The quantitative estimate of drug-likeness (QED) is 0.564. The number of halogens is 4. The van der Waals surface area contributed by atoms with E-state index in [0.29, 0.717) is 19.3 Å². The van der Waals surface area contributed by atoms with E-state index in [1.807, 2.05) is 0 Å². The molecule has 3 atom stereocenters. The molecule has 4 bridgehead atoms. The molecule has 25 heavy (non-hydrogen) atoms. The van der Waals surface area contributed by atoms with E-state index >= 15 is 0 Å². The first-order valence-corrected chi connectivity index (χ1v) is 9.51. The van der Waals surface area contributed by atoms with E-state index in [1.54, 1.807) is 0 Å². The third-order valence-corrected chi connectivity index (χ3v) is 7.12. The number of ether oxygens (including phenoxy) is 2. The summed E-state index contributed by atoms with van der Waals surface area (Å²) in [4.78, 5) is 0. The van der Waals surface area contributed by atoms with Crippen LogP contribution in [0.4, 0.5) is 17.6 Å². The number of aliphatic hydroxyl groups is 1. The van der Waals surface area contributed by atoms with Gasteiger partial charge in [0, 0.05) is 11.8 Å². The molecule has 2 N–H and O–H groups in total.